The number of halogens is 1. The van der Waals surface area contributed by atoms with E-state index in [1.165, 1.54) is 32.5 Å². The molecule has 4 aromatic rings. The number of nitrogens with one attached hydrogen (secondary N) is 2. The van der Waals surface area contributed by atoms with Crippen molar-refractivity contribution in [1.29, 1.82) is 0 Å². The minimum absolute atomic E-state index is 0.0471. The van der Waals surface area contributed by atoms with E-state index in [2.05, 4.69) is 15.6 Å². The summed E-state index contributed by atoms with van der Waals surface area (Å²) >= 11 is 0. The number of carbonyl (C=O) groups is 3. The standard InChI is InChI=1S/C30H24FN3O6/c1-38-27-14-20-24(15-28(27)39-2)32-12-11-25(20)40-26-10-8-18(13-22(26)31)33-29(36)30(37)34-23-9-7-17-5-3-4-6-19(17)21(23)16-35/h3-6,8-16,21H,7H2,1-2H3,(H,33,36)(H,34,37). The Balaban J connectivity index is 1.28. The van der Waals surface area contributed by atoms with Gasteiger partial charge in [0.25, 0.3) is 0 Å². The highest BCUT2D eigenvalue weighted by Gasteiger charge is 2.26. The Labute approximate surface area is 228 Å². The first-order chi connectivity index (χ1) is 19.4. The minimum Gasteiger partial charge on any atom is -0.493 e. The van der Waals surface area contributed by atoms with E-state index >= 15 is 0 Å². The lowest BCUT2D eigenvalue weighted by Crippen LogP contribution is -2.37. The van der Waals surface area contributed by atoms with E-state index in [-0.39, 0.29) is 11.4 Å². The Morgan fingerprint density at radius 3 is 2.42 bits per heavy atom. The van der Waals surface area contributed by atoms with Gasteiger partial charge >= 0.3 is 11.8 Å². The number of benzene rings is 3. The highest BCUT2D eigenvalue weighted by atomic mass is 19.1. The van der Waals surface area contributed by atoms with Crippen LogP contribution >= 0.6 is 0 Å². The molecule has 0 saturated carbocycles. The fourth-order valence-corrected chi connectivity index (χ4v) is 4.51. The molecule has 0 radical (unpaired) electrons. The maximum Gasteiger partial charge on any atom is 0.314 e. The quantitative estimate of drug-likeness (QED) is 0.258. The number of ether oxygens (including phenoxy) is 3. The largest absolute Gasteiger partial charge is 0.493 e. The molecule has 1 aliphatic carbocycles. The van der Waals surface area contributed by atoms with Crippen LogP contribution in [0.4, 0.5) is 10.1 Å². The van der Waals surface area contributed by atoms with Gasteiger partial charge in [0.05, 0.1) is 25.7 Å². The average molecular weight is 542 g/mol. The van der Waals surface area contributed by atoms with Gasteiger partial charge in [0.1, 0.15) is 12.0 Å². The fourth-order valence-electron chi connectivity index (χ4n) is 4.51. The van der Waals surface area contributed by atoms with Gasteiger partial charge in [-0.15, -0.1) is 0 Å². The van der Waals surface area contributed by atoms with Crippen molar-refractivity contribution in [3.8, 4) is 23.0 Å². The summed E-state index contributed by atoms with van der Waals surface area (Å²) in [6, 6.07) is 16.1. The Kier molecular flexibility index (Phi) is 7.41. The van der Waals surface area contributed by atoms with E-state index in [9.17, 15) is 18.8 Å². The second-order valence-electron chi connectivity index (χ2n) is 8.87. The van der Waals surface area contributed by atoms with Crippen LogP contribution in [0.25, 0.3) is 10.9 Å². The second kappa shape index (κ2) is 11.2. The van der Waals surface area contributed by atoms with Crippen molar-refractivity contribution in [3.05, 3.63) is 95.6 Å². The molecule has 1 atom stereocenters. The number of allylic oxidation sites excluding steroid dienone is 2. The zero-order valence-electron chi connectivity index (χ0n) is 21.6. The van der Waals surface area contributed by atoms with Gasteiger partial charge < -0.3 is 29.6 Å². The van der Waals surface area contributed by atoms with Gasteiger partial charge in [0.2, 0.25) is 0 Å². The van der Waals surface area contributed by atoms with E-state index in [4.69, 9.17) is 14.2 Å². The molecular formula is C30H24FN3O6. The molecule has 0 bridgehead atoms. The Bertz CT molecular complexity index is 1670. The van der Waals surface area contributed by atoms with Crippen LogP contribution < -0.4 is 24.8 Å². The molecule has 2 N–H and O–H groups in total. The summed E-state index contributed by atoms with van der Waals surface area (Å²) in [5.74, 6) is -2.29. The molecule has 202 valence electrons. The van der Waals surface area contributed by atoms with Crippen LogP contribution in [0, 0.1) is 5.82 Å². The van der Waals surface area contributed by atoms with E-state index in [0.717, 1.165) is 17.2 Å². The van der Waals surface area contributed by atoms with Crippen molar-refractivity contribution in [2.24, 2.45) is 0 Å². The highest BCUT2D eigenvalue weighted by molar-refractivity contribution is 6.40. The van der Waals surface area contributed by atoms with Crippen molar-refractivity contribution >= 4 is 34.7 Å². The van der Waals surface area contributed by atoms with Gasteiger partial charge in [0.15, 0.2) is 23.1 Å². The number of aldehydes is 1. The molecular weight excluding hydrogens is 517 g/mol. The van der Waals surface area contributed by atoms with Crippen LogP contribution in [0.1, 0.15) is 17.0 Å². The average Bonchev–Trinajstić information content (AvgIpc) is 2.97. The first-order valence-corrected chi connectivity index (χ1v) is 12.3. The smallest absolute Gasteiger partial charge is 0.314 e. The molecule has 0 spiro atoms. The molecule has 0 aliphatic heterocycles. The fraction of sp³-hybridized carbons (Fsp3) is 0.133. The van der Waals surface area contributed by atoms with Crippen molar-refractivity contribution in [2.75, 3.05) is 19.5 Å². The first kappa shape index (κ1) is 26.4. The number of pyridine rings is 1. The summed E-state index contributed by atoms with van der Waals surface area (Å²) in [6.07, 6.45) is 4.45. The second-order valence-corrected chi connectivity index (χ2v) is 8.87. The summed E-state index contributed by atoms with van der Waals surface area (Å²) in [5, 5.41) is 5.45. The summed E-state index contributed by atoms with van der Waals surface area (Å²) < 4.78 is 31.4. The zero-order valence-corrected chi connectivity index (χ0v) is 21.6. The Hall–Kier alpha value is -5.25. The number of anilines is 1. The maximum absolute atomic E-state index is 15.0. The number of hydrogen-bond acceptors (Lipinski definition) is 7. The number of aromatic nitrogens is 1. The number of carbonyl (C=O) groups excluding carboxylic acids is 3. The van der Waals surface area contributed by atoms with E-state index in [1.807, 2.05) is 18.2 Å². The maximum atomic E-state index is 15.0. The van der Waals surface area contributed by atoms with Crippen LogP contribution in [-0.4, -0.2) is 37.3 Å². The molecule has 9 nitrogen and oxygen atoms in total. The molecule has 40 heavy (non-hydrogen) atoms. The topological polar surface area (TPSA) is 116 Å². The SMILES string of the molecule is COc1cc2nccc(Oc3ccc(NC(=O)C(=O)NC4=CCc5ccccc5C4C=O)cc3F)c2cc1OC. The van der Waals surface area contributed by atoms with E-state index in [1.54, 1.807) is 30.3 Å². The minimum atomic E-state index is -1.02. The van der Waals surface area contributed by atoms with Gasteiger partial charge in [-0.3, -0.25) is 14.6 Å². The lowest BCUT2D eigenvalue weighted by atomic mass is 9.86. The summed E-state index contributed by atoms with van der Waals surface area (Å²) in [5.41, 5.74) is 2.67. The summed E-state index contributed by atoms with van der Waals surface area (Å²) in [4.78, 5) is 41.2. The van der Waals surface area contributed by atoms with Crippen molar-refractivity contribution < 1.29 is 33.0 Å². The van der Waals surface area contributed by atoms with Crippen molar-refractivity contribution in [3.63, 3.8) is 0 Å². The molecule has 10 heteroatoms. The van der Waals surface area contributed by atoms with Crippen LogP contribution in [-0.2, 0) is 20.8 Å². The molecule has 0 fully saturated rings. The third kappa shape index (κ3) is 5.19. The van der Waals surface area contributed by atoms with Crippen LogP contribution in [0.5, 0.6) is 23.0 Å². The Morgan fingerprint density at radius 2 is 1.68 bits per heavy atom. The molecule has 1 heterocycles. The number of fused-ring (bicyclic) bond motifs is 2. The van der Waals surface area contributed by atoms with Gasteiger partial charge in [-0.25, -0.2) is 4.39 Å². The van der Waals surface area contributed by atoms with Gasteiger partial charge in [-0.1, -0.05) is 30.3 Å². The highest BCUT2D eigenvalue weighted by Crippen LogP contribution is 2.37. The first-order valence-electron chi connectivity index (χ1n) is 12.3. The number of rotatable bonds is 7. The van der Waals surface area contributed by atoms with Crippen molar-refractivity contribution in [2.45, 2.75) is 12.3 Å². The predicted molar refractivity (Wildman–Crippen MR) is 145 cm³/mol. The monoisotopic (exact) mass is 541 g/mol. The molecule has 1 aromatic heterocycles. The van der Waals surface area contributed by atoms with Gasteiger partial charge in [-0.2, -0.15) is 0 Å². The normalized spacial score (nSPS) is 14.0. The molecule has 2 amide bonds. The predicted octanol–water partition coefficient (Wildman–Crippen LogP) is 4.66. The van der Waals surface area contributed by atoms with Crippen LogP contribution in [0.15, 0.2) is 78.6 Å². The zero-order chi connectivity index (χ0) is 28.2. The summed E-state index contributed by atoms with van der Waals surface area (Å²) in [7, 11) is 3.01. The number of hydrogen-bond donors (Lipinski definition) is 2. The lowest BCUT2D eigenvalue weighted by Gasteiger charge is -2.23. The third-order valence-electron chi connectivity index (χ3n) is 6.48. The van der Waals surface area contributed by atoms with E-state index < -0.39 is 23.5 Å². The molecule has 1 unspecified atom stereocenters. The Morgan fingerprint density at radius 1 is 0.925 bits per heavy atom. The van der Waals surface area contributed by atoms with Crippen molar-refractivity contribution in [1.82, 2.24) is 10.3 Å². The lowest BCUT2D eigenvalue weighted by molar-refractivity contribution is -0.135. The number of nitrogens with zero attached hydrogens (tertiary/aromatic N) is 1. The van der Waals surface area contributed by atoms with Gasteiger partial charge in [-0.05, 0) is 41.8 Å². The van der Waals surface area contributed by atoms with Gasteiger partial charge in [0, 0.05) is 35.1 Å². The molecule has 3 aromatic carbocycles. The molecule has 1 aliphatic rings. The molecule has 5 rings (SSSR count). The van der Waals surface area contributed by atoms with Crippen LogP contribution in [0.3, 0.4) is 0 Å². The van der Waals surface area contributed by atoms with E-state index in [0.29, 0.717) is 46.6 Å². The van der Waals surface area contributed by atoms with Crippen LogP contribution in [0.2, 0.25) is 0 Å². The molecule has 0 saturated heterocycles. The summed E-state index contributed by atoms with van der Waals surface area (Å²) in [6.45, 7) is 0. The number of methoxy groups -OCH3 is 2. The third-order valence-corrected chi connectivity index (χ3v) is 6.48. The number of amides is 2.